The van der Waals surface area contributed by atoms with Crippen molar-refractivity contribution in [1.29, 1.82) is 0 Å². The van der Waals surface area contributed by atoms with Gasteiger partial charge in [-0.15, -0.1) is 0 Å². The van der Waals surface area contributed by atoms with Crippen LogP contribution in [0.1, 0.15) is 20.3 Å². The number of hydrogen-bond acceptors (Lipinski definition) is 3. The summed E-state index contributed by atoms with van der Waals surface area (Å²) < 4.78 is 0. The van der Waals surface area contributed by atoms with E-state index in [4.69, 9.17) is 5.40 Å². The van der Waals surface area contributed by atoms with Gasteiger partial charge in [0.1, 0.15) is 8.24 Å². The molecule has 1 heterocycles. The highest BCUT2D eigenvalue weighted by Gasteiger charge is 2.25. The smallest absolute Gasteiger partial charge is 0.124 e. The molecule has 0 bridgehead atoms. The summed E-state index contributed by atoms with van der Waals surface area (Å²) in [6, 6.07) is 3.83. The molecule has 3 nitrogen and oxygen atoms in total. The van der Waals surface area contributed by atoms with E-state index >= 15 is 0 Å². The van der Waals surface area contributed by atoms with Crippen molar-refractivity contribution in [2.45, 2.75) is 38.4 Å². The van der Waals surface area contributed by atoms with Crippen molar-refractivity contribution in [1.82, 2.24) is 10.2 Å². The van der Waals surface area contributed by atoms with E-state index in [1.54, 1.807) is 0 Å². The van der Waals surface area contributed by atoms with Crippen molar-refractivity contribution >= 4 is 8.24 Å². The first-order chi connectivity index (χ1) is 7.20. The zero-order valence-electron chi connectivity index (χ0n) is 10.4. The van der Waals surface area contributed by atoms with Crippen molar-refractivity contribution in [2.24, 2.45) is 5.40 Å². The summed E-state index contributed by atoms with van der Waals surface area (Å²) in [6.07, 6.45) is 1.26. The van der Waals surface area contributed by atoms with Gasteiger partial charge in [-0.25, -0.2) is 0 Å². The highest BCUT2D eigenvalue weighted by atomic mass is 28.3. The van der Waals surface area contributed by atoms with E-state index in [1.165, 1.54) is 44.2 Å². The predicted molar refractivity (Wildman–Crippen MR) is 69.6 cm³/mol. The van der Waals surface area contributed by atoms with E-state index < -0.39 is 8.24 Å². The van der Waals surface area contributed by atoms with Gasteiger partial charge in [0.2, 0.25) is 0 Å². The molecule has 1 rings (SSSR count). The third kappa shape index (κ3) is 4.63. The average Bonchev–Trinajstić information content (AvgIpc) is 2.28. The molecule has 0 aromatic rings. The Morgan fingerprint density at radius 2 is 1.87 bits per heavy atom. The Bertz CT molecular complexity index is 171. The van der Waals surface area contributed by atoms with E-state index in [0.717, 1.165) is 13.1 Å². The molecule has 15 heavy (non-hydrogen) atoms. The van der Waals surface area contributed by atoms with Crippen LogP contribution in [0.25, 0.3) is 0 Å². The van der Waals surface area contributed by atoms with E-state index in [0.29, 0.717) is 0 Å². The number of nitrogens with one attached hydrogen (secondary N) is 1. The Morgan fingerprint density at radius 1 is 1.20 bits per heavy atom. The second kappa shape index (κ2) is 6.63. The lowest BCUT2D eigenvalue weighted by atomic mass is 10.4. The van der Waals surface area contributed by atoms with Gasteiger partial charge < -0.3 is 15.6 Å². The van der Waals surface area contributed by atoms with E-state index in [-0.39, 0.29) is 0 Å². The Labute approximate surface area is 95.5 Å². The molecule has 4 heteroatoms. The van der Waals surface area contributed by atoms with Crippen LogP contribution in [0.2, 0.25) is 18.1 Å². The second-order valence-electron chi connectivity index (χ2n) is 4.81. The number of piperazine rings is 1. The van der Waals surface area contributed by atoms with Gasteiger partial charge in [-0.1, -0.05) is 20.3 Å². The lowest BCUT2D eigenvalue weighted by Crippen LogP contribution is -2.50. The van der Waals surface area contributed by atoms with Crippen LogP contribution in [0.3, 0.4) is 0 Å². The standard InChI is InChI=1S/C11H27N3Si/c1-3-10-15(12,4-2)11-9-14-7-5-13-6-8-14/h13H,3-12H2,1-2H3. The molecule has 1 atom stereocenters. The maximum atomic E-state index is 6.52. The topological polar surface area (TPSA) is 41.3 Å². The molecule has 1 saturated heterocycles. The van der Waals surface area contributed by atoms with Crippen LogP contribution >= 0.6 is 0 Å². The normalized spacial score (nSPS) is 22.6. The molecule has 0 aromatic carbocycles. The largest absolute Gasteiger partial charge is 0.351 e. The number of rotatable bonds is 6. The van der Waals surface area contributed by atoms with Crippen molar-refractivity contribution in [3.8, 4) is 0 Å². The zero-order chi connectivity index (χ0) is 11.1. The molecular weight excluding hydrogens is 202 g/mol. The molecule has 0 saturated carbocycles. The number of hydrogen-bond donors (Lipinski definition) is 2. The van der Waals surface area contributed by atoms with Crippen LogP contribution in [0, 0.1) is 0 Å². The van der Waals surface area contributed by atoms with Crippen molar-refractivity contribution < 1.29 is 0 Å². The predicted octanol–water partition coefficient (Wildman–Crippen LogP) is 1.23. The first-order valence-electron chi connectivity index (χ1n) is 6.42. The molecule has 1 fully saturated rings. The van der Waals surface area contributed by atoms with Gasteiger partial charge in [-0.2, -0.15) is 0 Å². The summed E-state index contributed by atoms with van der Waals surface area (Å²) in [7, 11) is -1.37. The minimum atomic E-state index is -1.37. The summed E-state index contributed by atoms with van der Waals surface area (Å²) in [5.41, 5.74) is 0. The molecule has 0 aliphatic carbocycles. The minimum Gasteiger partial charge on any atom is -0.351 e. The third-order valence-electron chi connectivity index (χ3n) is 3.59. The van der Waals surface area contributed by atoms with Gasteiger partial charge in [-0.05, 0) is 24.7 Å². The maximum Gasteiger partial charge on any atom is 0.124 e. The molecule has 1 aliphatic heterocycles. The SMILES string of the molecule is CCC[Si](N)(CC)CCN1CCNCC1. The van der Waals surface area contributed by atoms with Crippen LogP contribution in [-0.2, 0) is 0 Å². The molecule has 1 unspecified atom stereocenters. The molecule has 0 amide bonds. The van der Waals surface area contributed by atoms with Crippen LogP contribution in [-0.4, -0.2) is 45.9 Å². The Balaban J connectivity index is 2.25. The van der Waals surface area contributed by atoms with Gasteiger partial charge in [0, 0.05) is 26.2 Å². The maximum absolute atomic E-state index is 6.52. The quantitative estimate of drug-likeness (QED) is 0.673. The Kier molecular flexibility index (Phi) is 5.82. The molecule has 0 radical (unpaired) electrons. The summed E-state index contributed by atoms with van der Waals surface area (Å²) >= 11 is 0. The van der Waals surface area contributed by atoms with E-state index in [1.807, 2.05) is 0 Å². The monoisotopic (exact) mass is 229 g/mol. The van der Waals surface area contributed by atoms with Crippen molar-refractivity contribution in [3.05, 3.63) is 0 Å². The fourth-order valence-corrected chi connectivity index (χ4v) is 5.01. The molecule has 0 spiro atoms. The fraction of sp³-hybridized carbons (Fsp3) is 1.00. The average molecular weight is 229 g/mol. The first kappa shape index (κ1) is 13.2. The lowest BCUT2D eigenvalue weighted by Gasteiger charge is -2.31. The van der Waals surface area contributed by atoms with E-state index in [9.17, 15) is 0 Å². The van der Waals surface area contributed by atoms with E-state index in [2.05, 4.69) is 24.1 Å². The van der Waals surface area contributed by atoms with Crippen LogP contribution in [0.4, 0.5) is 0 Å². The van der Waals surface area contributed by atoms with Gasteiger partial charge in [0.05, 0.1) is 0 Å². The highest BCUT2D eigenvalue weighted by molar-refractivity contribution is 6.76. The fourth-order valence-electron chi connectivity index (χ4n) is 2.29. The lowest BCUT2D eigenvalue weighted by molar-refractivity contribution is 0.252. The highest BCUT2D eigenvalue weighted by Crippen LogP contribution is 2.17. The molecule has 1 aliphatic rings. The minimum absolute atomic E-state index is 1.15. The summed E-state index contributed by atoms with van der Waals surface area (Å²) in [5.74, 6) is 0. The Morgan fingerprint density at radius 3 is 2.40 bits per heavy atom. The third-order valence-corrected chi connectivity index (χ3v) is 7.71. The number of nitrogens with two attached hydrogens (primary N) is 1. The van der Waals surface area contributed by atoms with Crippen LogP contribution in [0.5, 0.6) is 0 Å². The van der Waals surface area contributed by atoms with Gasteiger partial charge in [-0.3, -0.25) is 0 Å². The first-order valence-corrected chi connectivity index (χ1v) is 9.12. The molecular formula is C11H27N3Si. The van der Waals surface area contributed by atoms with Crippen molar-refractivity contribution in [3.63, 3.8) is 0 Å². The Hall–Kier alpha value is 0.0969. The summed E-state index contributed by atoms with van der Waals surface area (Å²) in [4.78, 5) is 2.57. The number of nitrogens with zero attached hydrogens (tertiary/aromatic N) is 1. The van der Waals surface area contributed by atoms with Crippen LogP contribution < -0.4 is 10.7 Å². The zero-order valence-corrected chi connectivity index (χ0v) is 11.4. The van der Waals surface area contributed by atoms with Crippen LogP contribution in [0.15, 0.2) is 0 Å². The molecule has 0 aromatic heterocycles. The van der Waals surface area contributed by atoms with Gasteiger partial charge in [0.25, 0.3) is 0 Å². The van der Waals surface area contributed by atoms with Crippen molar-refractivity contribution in [2.75, 3.05) is 32.7 Å². The van der Waals surface area contributed by atoms with Gasteiger partial charge >= 0.3 is 0 Å². The van der Waals surface area contributed by atoms with Gasteiger partial charge in [0.15, 0.2) is 0 Å². The summed E-state index contributed by atoms with van der Waals surface area (Å²) in [5, 5.41) is 9.91. The molecule has 3 N–H and O–H groups in total. The molecule has 90 valence electrons. The summed E-state index contributed by atoms with van der Waals surface area (Å²) in [6.45, 7) is 10.5. The second-order valence-corrected chi connectivity index (χ2v) is 9.24.